The Hall–Kier alpha value is -2.89. The molecule has 6 heteroatoms. The molecule has 160 valence electrons. The number of phenolic OH excluding ortho intramolecular Hbond substituents is 1. The number of aryl methyl sites for hydroxylation is 2. The molecule has 6 nitrogen and oxygen atoms in total. The Balaban J connectivity index is 1.53. The van der Waals surface area contributed by atoms with Gasteiger partial charge in [0.2, 0.25) is 0 Å². The van der Waals surface area contributed by atoms with Crippen LogP contribution in [0.3, 0.4) is 0 Å². The molecule has 0 unspecified atom stereocenters. The number of phenols is 1. The smallest absolute Gasteiger partial charge is 0.127 e. The molecule has 0 amide bonds. The van der Waals surface area contributed by atoms with Crippen LogP contribution in [0.4, 0.5) is 0 Å². The van der Waals surface area contributed by atoms with Gasteiger partial charge in [-0.3, -0.25) is 10.3 Å². The summed E-state index contributed by atoms with van der Waals surface area (Å²) in [6.07, 6.45) is 4.90. The summed E-state index contributed by atoms with van der Waals surface area (Å²) in [5.74, 6) is 1.73. The van der Waals surface area contributed by atoms with Gasteiger partial charge in [0.15, 0.2) is 0 Å². The Morgan fingerprint density at radius 2 is 1.93 bits per heavy atom. The van der Waals surface area contributed by atoms with E-state index in [9.17, 15) is 5.11 Å². The van der Waals surface area contributed by atoms with Crippen LogP contribution in [0, 0.1) is 6.92 Å². The van der Waals surface area contributed by atoms with Crippen LogP contribution in [-0.2, 0) is 11.8 Å². The van der Waals surface area contributed by atoms with Crippen LogP contribution in [0.2, 0.25) is 0 Å². The van der Waals surface area contributed by atoms with Crippen LogP contribution in [0.1, 0.15) is 63.4 Å². The van der Waals surface area contributed by atoms with Gasteiger partial charge in [-0.25, -0.2) is 0 Å². The minimum atomic E-state index is -0.114. The Kier molecular flexibility index (Phi) is 7.08. The number of aromatic nitrogens is 4. The topological polar surface area (TPSA) is 82.2 Å². The Morgan fingerprint density at radius 1 is 1.10 bits per heavy atom. The second-order valence-corrected chi connectivity index (χ2v) is 8.45. The lowest BCUT2D eigenvalue weighted by atomic mass is 9.86. The summed E-state index contributed by atoms with van der Waals surface area (Å²) in [7, 11) is 0. The van der Waals surface area contributed by atoms with Crippen molar-refractivity contribution in [2.24, 2.45) is 0 Å². The molecule has 0 atom stereocenters. The predicted octanol–water partition coefficient (Wildman–Crippen LogP) is 4.99. The first-order valence-corrected chi connectivity index (χ1v) is 10.7. The second-order valence-electron chi connectivity index (χ2n) is 8.45. The number of rotatable bonds is 10. The molecule has 3 rings (SSSR count). The number of tetrazole rings is 1. The molecule has 0 radical (unpaired) electrons. The third-order valence-corrected chi connectivity index (χ3v) is 5.52. The first-order chi connectivity index (χ1) is 14.4. The molecule has 0 saturated heterocycles. The van der Waals surface area contributed by atoms with E-state index < -0.39 is 0 Å². The number of benzene rings is 2. The van der Waals surface area contributed by atoms with E-state index in [0.717, 1.165) is 54.5 Å². The summed E-state index contributed by atoms with van der Waals surface area (Å²) in [5, 5.41) is 25.7. The van der Waals surface area contributed by atoms with E-state index in [1.807, 2.05) is 18.2 Å². The van der Waals surface area contributed by atoms with Gasteiger partial charge >= 0.3 is 0 Å². The predicted molar refractivity (Wildman–Crippen MR) is 118 cm³/mol. The van der Waals surface area contributed by atoms with Gasteiger partial charge in [0.25, 0.3) is 0 Å². The van der Waals surface area contributed by atoms with Crippen molar-refractivity contribution in [3.8, 4) is 22.6 Å². The first kappa shape index (κ1) is 21.8. The van der Waals surface area contributed by atoms with Gasteiger partial charge < -0.3 is 14.9 Å². The molecule has 1 heterocycles. The van der Waals surface area contributed by atoms with E-state index in [-0.39, 0.29) is 11.2 Å². The van der Waals surface area contributed by atoms with Gasteiger partial charge in [-0.05, 0) is 48.8 Å². The lowest BCUT2D eigenvalue weighted by Gasteiger charge is -2.24. The lowest BCUT2D eigenvalue weighted by Crippen LogP contribution is -2.20. The van der Waals surface area contributed by atoms with E-state index in [1.165, 1.54) is 5.56 Å². The third-order valence-electron chi connectivity index (χ3n) is 5.52. The number of hydrogen-bond donors (Lipinski definition) is 1. The molecule has 2 aromatic carbocycles. The average Bonchev–Trinajstić information content (AvgIpc) is 3.26. The van der Waals surface area contributed by atoms with Crippen LogP contribution in [0.25, 0.3) is 11.1 Å². The molecular weight excluding hydrogens is 376 g/mol. The molecule has 0 spiro atoms. The van der Waals surface area contributed by atoms with E-state index in [2.05, 4.69) is 60.5 Å². The summed E-state index contributed by atoms with van der Waals surface area (Å²) in [6.45, 7) is 9.03. The standard InChI is InChI=1S/C24H31N4O2/c1-5-18-15-20(19-11-9-10-17(2)14-19)21(29)16-22(18)30-13-8-6-7-12-24(3,4)23-25-27-28-26-23/h9-11,14-16H,5-8,12-13H2,1-4H3,(H-,25,26,27,28,29)/q-1. The van der Waals surface area contributed by atoms with Crippen molar-refractivity contribution in [3.05, 3.63) is 53.3 Å². The molecule has 0 aliphatic carbocycles. The van der Waals surface area contributed by atoms with Gasteiger partial charge in [0.05, 0.1) is 6.61 Å². The second kappa shape index (κ2) is 9.74. The molecule has 1 aromatic heterocycles. The Morgan fingerprint density at radius 3 is 2.63 bits per heavy atom. The highest BCUT2D eigenvalue weighted by Crippen LogP contribution is 2.36. The maximum atomic E-state index is 10.6. The van der Waals surface area contributed by atoms with E-state index in [4.69, 9.17) is 4.74 Å². The summed E-state index contributed by atoms with van der Waals surface area (Å²) >= 11 is 0. The van der Waals surface area contributed by atoms with Crippen molar-refractivity contribution in [3.63, 3.8) is 0 Å². The number of ether oxygens (including phenoxy) is 1. The monoisotopic (exact) mass is 407 g/mol. The molecule has 0 bridgehead atoms. The minimum absolute atomic E-state index is 0.114. The van der Waals surface area contributed by atoms with E-state index in [1.54, 1.807) is 6.07 Å². The molecule has 0 aliphatic heterocycles. The minimum Gasteiger partial charge on any atom is -0.507 e. The maximum Gasteiger partial charge on any atom is 0.127 e. The van der Waals surface area contributed by atoms with Crippen LogP contribution in [-0.4, -0.2) is 27.2 Å². The van der Waals surface area contributed by atoms with Crippen molar-refractivity contribution < 1.29 is 9.84 Å². The summed E-state index contributed by atoms with van der Waals surface area (Å²) in [5.41, 5.74) is 4.04. The van der Waals surface area contributed by atoms with Crippen LogP contribution in [0.5, 0.6) is 11.5 Å². The normalized spacial score (nSPS) is 11.6. The fourth-order valence-corrected chi connectivity index (χ4v) is 3.62. The average molecular weight is 408 g/mol. The lowest BCUT2D eigenvalue weighted by molar-refractivity contribution is 0.296. The quantitative estimate of drug-likeness (QED) is 0.477. The molecule has 0 aliphatic rings. The van der Waals surface area contributed by atoms with Crippen molar-refractivity contribution in [1.29, 1.82) is 0 Å². The summed E-state index contributed by atoms with van der Waals surface area (Å²) < 4.78 is 6.02. The van der Waals surface area contributed by atoms with E-state index >= 15 is 0 Å². The van der Waals surface area contributed by atoms with Gasteiger partial charge in [-0.15, -0.1) is 0 Å². The number of unbranched alkanes of at least 4 members (excludes halogenated alkanes) is 2. The highest BCUT2D eigenvalue weighted by atomic mass is 16.5. The van der Waals surface area contributed by atoms with Crippen LogP contribution in [0.15, 0.2) is 36.4 Å². The van der Waals surface area contributed by atoms with Gasteiger partial charge in [0, 0.05) is 17.5 Å². The molecule has 30 heavy (non-hydrogen) atoms. The number of nitrogens with zero attached hydrogens (tertiary/aromatic N) is 4. The number of hydrogen-bond acceptors (Lipinski definition) is 5. The summed E-state index contributed by atoms with van der Waals surface area (Å²) in [4.78, 5) is 0. The maximum absolute atomic E-state index is 10.6. The molecule has 3 aromatic rings. The molecule has 0 saturated carbocycles. The highest BCUT2D eigenvalue weighted by Gasteiger charge is 2.19. The van der Waals surface area contributed by atoms with E-state index in [0.29, 0.717) is 12.4 Å². The summed E-state index contributed by atoms with van der Waals surface area (Å²) in [6, 6.07) is 12.0. The third kappa shape index (κ3) is 5.38. The van der Waals surface area contributed by atoms with Gasteiger partial charge in [-0.1, -0.05) is 63.4 Å². The SMILES string of the molecule is CCc1cc(-c2cccc(C)c2)c(O)cc1OCCCCCC(C)(C)c1nnn[n-]1. The molecule has 0 fully saturated rings. The van der Waals surface area contributed by atoms with Crippen molar-refractivity contribution in [2.45, 2.75) is 65.2 Å². The molecule has 1 N–H and O–H groups in total. The van der Waals surface area contributed by atoms with Crippen molar-refractivity contribution in [2.75, 3.05) is 6.61 Å². The van der Waals surface area contributed by atoms with Gasteiger partial charge in [0.1, 0.15) is 11.5 Å². The van der Waals surface area contributed by atoms with Gasteiger partial charge in [-0.2, -0.15) is 5.21 Å². The Bertz CT molecular complexity index is 952. The molecular formula is C24H31N4O2-. The fraction of sp³-hybridized carbons (Fsp3) is 0.458. The zero-order valence-electron chi connectivity index (χ0n) is 18.4. The van der Waals surface area contributed by atoms with Crippen molar-refractivity contribution >= 4 is 0 Å². The van der Waals surface area contributed by atoms with Crippen molar-refractivity contribution in [1.82, 2.24) is 20.6 Å². The first-order valence-electron chi connectivity index (χ1n) is 10.7. The highest BCUT2D eigenvalue weighted by molar-refractivity contribution is 5.73. The van der Waals surface area contributed by atoms with Crippen LogP contribution < -0.4 is 9.84 Å². The zero-order valence-corrected chi connectivity index (χ0v) is 18.4. The fourth-order valence-electron chi connectivity index (χ4n) is 3.62. The Labute approximate surface area is 178 Å². The zero-order chi connectivity index (χ0) is 21.6. The largest absolute Gasteiger partial charge is 0.507 e. The van der Waals surface area contributed by atoms with Crippen LogP contribution >= 0.6 is 0 Å². The number of aromatic hydroxyl groups is 1.